The lowest BCUT2D eigenvalue weighted by atomic mass is 10.2. The summed E-state index contributed by atoms with van der Waals surface area (Å²) in [6.07, 6.45) is 1.73. The third-order valence-electron chi connectivity index (χ3n) is 2.79. The molecule has 21 heavy (non-hydrogen) atoms. The Balaban J connectivity index is 2.04. The van der Waals surface area contributed by atoms with Crippen molar-refractivity contribution in [2.24, 2.45) is 0 Å². The maximum atomic E-state index is 12.1. The Kier molecular flexibility index (Phi) is 5.04. The number of carbonyl (C=O) groups excluding carboxylic acids is 1. The molecule has 0 unspecified atom stereocenters. The number of aromatic nitrogens is 2. The Morgan fingerprint density at radius 3 is 2.76 bits per heavy atom. The van der Waals surface area contributed by atoms with Gasteiger partial charge in [0, 0.05) is 19.2 Å². The fourth-order valence-electron chi connectivity index (χ4n) is 1.82. The van der Waals surface area contributed by atoms with Gasteiger partial charge in [0.05, 0.1) is 0 Å². The quantitative estimate of drug-likeness (QED) is 0.798. The molecular formula is C16H18N4O. The number of carbonyl (C=O) groups is 1. The van der Waals surface area contributed by atoms with Crippen LogP contribution in [0.3, 0.4) is 0 Å². The van der Waals surface area contributed by atoms with Crippen LogP contribution >= 0.6 is 0 Å². The number of nitrogens with one attached hydrogen (secondary N) is 2. The molecule has 1 aromatic carbocycles. The van der Waals surface area contributed by atoms with E-state index in [4.69, 9.17) is 0 Å². The molecule has 0 atom stereocenters. The van der Waals surface area contributed by atoms with Crippen molar-refractivity contribution in [1.29, 1.82) is 0 Å². The molecule has 0 radical (unpaired) electrons. The number of nitrogens with zero attached hydrogens (tertiary/aromatic N) is 2. The van der Waals surface area contributed by atoms with E-state index in [9.17, 15) is 4.79 Å². The summed E-state index contributed by atoms with van der Waals surface area (Å²) in [5.74, 6) is 0.951. The van der Waals surface area contributed by atoms with Gasteiger partial charge in [-0.25, -0.2) is 9.97 Å². The first-order chi connectivity index (χ1) is 10.2. The van der Waals surface area contributed by atoms with E-state index in [1.54, 1.807) is 19.1 Å². The van der Waals surface area contributed by atoms with Gasteiger partial charge in [-0.1, -0.05) is 36.4 Å². The molecule has 2 rings (SSSR count). The van der Waals surface area contributed by atoms with Crippen LogP contribution in [0.4, 0.5) is 5.82 Å². The molecule has 5 nitrogen and oxygen atoms in total. The molecule has 1 heterocycles. The minimum atomic E-state index is -0.217. The largest absolute Gasteiger partial charge is 0.366 e. The van der Waals surface area contributed by atoms with Gasteiger partial charge in [-0.2, -0.15) is 0 Å². The van der Waals surface area contributed by atoms with E-state index in [0.717, 1.165) is 5.56 Å². The van der Waals surface area contributed by atoms with E-state index in [2.05, 4.69) is 27.2 Å². The fourth-order valence-corrected chi connectivity index (χ4v) is 1.82. The number of anilines is 1. The van der Waals surface area contributed by atoms with E-state index in [1.807, 2.05) is 30.3 Å². The van der Waals surface area contributed by atoms with Crippen molar-refractivity contribution in [3.8, 4) is 0 Å². The van der Waals surface area contributed by atoms with Gasteiger partial charge in [-0.3, -0.25) is 4.79 Å². The molecule has 5 heteroatoms. The van der Waals surface area contributed by atoms with Crippen LogP contribution in [0.2, 0.25) is 0 Å². The summed E-state index contributed by atoms with van der Waals surface area (Å²) in [5, 5.41) is 5.90. The molecule has 0 fully saturated rings. The Morgan fingerprint density at radius 1 is 1.29 bits per heavy atom. The van der Waals surface area contributed by atoms with Crippen molar-refractivity contribution in [2.45, 2.75) is 13.5 Å². The zero-order valence-electron chi connectivity index (χ0n) is 12.0. The van der Waals surface area contributed by atoms with Gasteiger partial charge >= 0.3 is 0 Å². The maximum absolute atomic E-state index is 12.1. The molecule has 0 spiro atoms. The predicted molar refractivity (Wildman–Crippen MR) is 83.1 cm³/mol. The Hall–Kier alpha value is -2.69. The number of rotatable bonds is 6. The lowest BCUT2D eigenvalue weighted by Crippen LogP contribution is -2.24. The monoisotopic (exact) mass is 282 g/mol. The van der Waals surface area contributed by atoms with Crippen molar-refractivity contribution in [3.05, 3.63) is 66.1 Å². The third kappa shape index (κ3) is 4.42. The normalized spacial score (nSPS) is 9.95. The smallest absolute Gasteiger partial charge is 0.270 e. The molecule has 0 bridgehead atoms. The number of aryl methyl sites for hydroxylation is 1. The molecule has 0 aliphatic carbocycles. The van der Waals surface area contributed by atoms with Gasteiger partial charge in [0.1, 0.15) is 17.3 Å². The van der Waals surface area contributed by atoms with Gasteiger partial charge in [-0.05, 0) is 12.5 Å². The first-order valence-electron chi connectivity index (χ1n) is 6.71. The molecule has 1 amide bonds. The first-order valence-corrected chi connectivity index (χ1v) is 6.71. The Bertz CT molecular complexity index is 625. The van der Waals surface area contributed by atoms with E-state index in [0.29, 0.717) is 30.4 Å². The highest BCUT2D eigenvalue weighted by Crippen LogP contribution is 2.07. The standard InChI is InChI=1S/C16H18N4O/c1-3-9-17-15-10-14(19-12(2)20-15)16(21)18-11-13-7-5-4-6-8-13/h3-8,10H,1,9,11H2,2H3,(H,18,21)(H,17,19,20). The van der Waals surface area contributed by atoms with Crippen LogP contribution in [0.5, 0.6) is 0 Å². The van der Waals surface area contributed by atoms with Gasteiger partial charge in [0.15, 0.2) is 0 Å². The van der Waals surface area contributed by atoms with Crippen molar-refractivity contribution in [2.75, 3.05) is 11.9 Å². The fraction of sp³-hybridized carbons (Fsp3) is 0.188. The summed E-state index contributed by atoms with van der Waals surface area (Å²) in [6.45, 7) is 6.45. The number of hydrogen-bond donors (Lipinski definition) is 2. The summed E-state index contributed by atoms with van der Waals surface area (Å²) >= 11 is 0. The average molecular weight is 282 g/mol. The maximum Gasteiger partial charge on any atom is 0.270 e. The van der Waals surface area contributed by atoms with Crippen molar-refractivity contribution >= 4 is 11.7 Å². The van der Waals surface area contributed by atoms with Crippen molar-refractivity contribution in [1.82, 2.24) is 15.3 Å². The molecule has 1 aromatic heterocycles. The Morgan fingerprint density at radius 2 is 2.05 bits per heavy atom. The van der Waals surface area contributed by atoms with Crippen LogP contribution in [0.1, 0.15) is 21.9 Å². The summed E-state index contributed by atoms with van der Waals surface area (Å²) in [4.78, 5) is 20.5. The molecule has 0 aliphatic heterocycles. The third-order valence-corrected chi connectivity index (χ3v) is 2.79. The average Bonchev–Trinajstić information content (AvgIpc) is 2.51. The molecule has 0 saturated heterocycles. The van der Waals surface area contributed by atoms with Crippen LogP contribution in [-0.2, 0) is 6.54 Å². The van der Waals surface area contributed by atoms with Crippen LogP contribution in [0, 0.1) is 6.92 Å². The number of benzene rings is 1. The SMILES string of the molecule is C=CCNc1cc(C(=O)NCc2ccccc2)nc(C)n1. The minimum Gasteiger partial charge on any atom is -0.366 e. The highest BCUT2D eigenvalue weighted by Gasteiger charge is 2.10. The Labute approximate surface area is 124 Å². The van der Waals surface area contributed by atoms with E-state index >= 15 is 0 Å². The second-order valence-electron chi connectivity index (χ2n) is 4.52. The minimum absolute atomic E-state index is 0.217. The topological polar surface area (TPSA) is 66.9 Å². The highest BCUT2D eigenvalue weighted by molar-refractivity contribution is 5.92. The van der Waals surface area contributed by atoms with Crippen LogP contribution in [0.25, 0.3) is 0 Å². The van der Waals surface area contributed by atoms with Crippen molar-refractivity contribution < 1.29 is 4.79 Å². The van der Waals surface area contributed by atoms with Crippen LogP contribution in [-0.4, -0.2) is 22.4 Å². The van der Waals surface area contributed by atoms with Gasteiger partial charge in [-0.15, -0.1) is 6.58 Å². The van der Waals surface area contributed by atoms with Gasteiger partial charge in [0.2, 0.25) is 0 Å². The predicted octanol–water partition coefficient (Wildman–Crippen LogP) is 2.31. The second kappa shape index (κ2) is 7.19. The lowest BCUT2D eigenvalue weighted by molar-refractivity contribution is 0.0945. The zero-order valence-corrected chi connectivity index (χ0v) is 12.0. The summed E-state index contributed by atoms with van der Waals surface area (Å²) in [7, 11) is 0. The molecular weight excluding hydrogens is 264 g/mol. The second-order valence-corrected chi connectivity index (χ2v) is 4.52. The molecule has 0 aliphatic rings. The first kappa shape index (κ1) is 14.7. The molecule has 2 aromatic rings. The van der Waals surface area contributed by atoms with Gasteiger partial charge in [0.25, 0.3) is 5.91 Å². The summed E-state index contributed by atoms with van der Waals surface area (Å²) in [6, 6.07) is 11.4. The lowest BCUT2D eigenvalue weighted by Gasteiger charge is -2.08. The molecule has 0 saturated carbocycles. The molecule has 2 N–H and O–H groups in total. The van der Waals surface area contributed by atoms with Crippen LogP contribution in [0.15, 0.2) is 49.1 Å². The zero-order chi connectivity index (χ0) is 15.1. The van der Waals surface area contributed by atoms with Crippen LogP contribution < -0.4 is 10.6 Å². The number of amides is 1. The van der Waals surface area contributed by atoms with E-state index < -0.39 is 0 Å². The van der Waals surface area contributed by atoms with E-state index in [-0.39, 0.29) is 5.91 Å². The highest BCUT2D eigenvalue weighted by atomic mass is 16.1. The van der Waals surface area contributed by atoms with E-state index in [1.165, 1.54) is 0 Å². The van der Waals surface area contributed by atoms with Gasteiger partial charge < -0.3 is 10.6 Å². The van der Waals surface area contributed by atoms with Crippen molar-refractivity contribution in [3.63, 3.8) is 0 Å². The summed E-state index contributed by atoms with van der Waals surface area (Å²) in [5.41, 5.74) is 1.40. The number of hydrogen-bond acceptors (Lipinski definition) is 4. The molecule has 108 valence electrons. The summed E-state index contributed by atoms with van der Waals surface area (Å²) < 4.78 is 0.